The molecule has 1 aromatic heterocycles. The van der Waals surface area contributed by atoms with Crippen LogP contribution in [0.2, 0.25) is 0 Å². The van der Waals surface area contributed by atoms with Crippen LogP contribution in [-0.4, -0.2) is 18.0 Å². The quantitative estimate of drug-likeness (QED) is 0.678. The number of halogens is 1. The van der Waals surface area contributed by atoms with Gasteiger partial charge in [0, 0.05) is 12.9 Å². The lowest BCUT2D eigenvalue weighted by atomic mass is 10.2. The van der Waals surface area contributed by atoms with E-state index in [0.29, 0.717) is 22.6 Å². The first-order valence-electron chi connectivity index (χ1n) is 7.96. The molecule has 0 bridgehead atoms. The number of fused-ring (bicyclic) bond motifs is 1. The van der Waals surface area contributed by atoms with Crippen LogP contribution in [0.15, 0.2) is 58.2 Å². The summed E-state index contributed by atoms with van der Waals surface area (Å²) in [6.45, 7) is 1.65. The van der Waals surface area contributed by atoms with E-state index in [0.717, 1.165) is 5.56 Å². The molecule has 0 amide bonds. The average molecular weight is 392 g/mol. The Morgan fingerprint density at radius 3 is 2.46 bits per heavy atom. The molecule has 0 saturated heterocycles. The van der Waals surface area contributed by atoms with Crippen molar-refractivity contribution in [1.82, 2.24) is 14.3 Å². The van der Waals surface area contributed by atoms with Crippen LogP contribution in [-0.2, 0) is 23.0 Å². The minimum Gasteiger partial charge on any atom is -0.298 e. The lowest BCUT2D eigenvalue weighted by Crippen LogP contribution is -2.32. The Balaban J connectivity index is 1.96. The van der Waals surface area contributed by atoms with Gasteiger partial charge in [-0.2, -0.15) is 0 Å². The van der Waals surface area contributed by atoms with Crippen LogP contribution in [0.5, 0.6) is 0 Å². The number of sulfonamides is 1. The maximum atomic E-state index is 12.6. The molecule has 0 aliphatic heterocycles. The molecular formula is C18H18ClN3O3S. The zero-order valence-corrected chi connectivity index (χ0v) is 15.9. The maximum Gasteiger partial charge on any atom is 0.261 e. The molecule has 8 heteroatoms. The minimum atomic E-state index is -3.76. The normalized spacial score (nSPS) is 13.0. The lowest BCUT2D eigenvalue weighted by Gasteiger charge is -2.17. The van der Waals surface area contributed by atoms with Gasteiger partial charge in [-0.15, -0.1) is 11.6 Å². The molecule has 1 atom stereocenters. The molecule has 2 aromatic carbocycles. The van der Waals surface area contributed by atoms with Crippen LogP contribution < -0.4 is 10.3 Å². The van der Waals surface area contributed by atoms with Crippen LogP contribution in [0.3, 0.4) is 0 Å². The summed E-state index contributed by atoms with van der Waals surface area (Å²) in [5.74, 6) is 0.655. The van der Waals surface area contributed by atoms with E-state index >= 15 is 0 Å². The summed E-state index contributed by atoms with van der Waals surface area (Å²) in [4.78, 5) is 17.1. The van der Waals surface area contributed by atoms with Gasteiger partial charge >= 0.3 is 0 Å². The van der Waals surface area contributed by atoms with E-state index < -0.39 is 16.1 Å². The minimum absolute atomic E-state index is 0.129. The molecule has 0 saturated carbocycles. The summed E-state index contributed by atoms with van der Waals surface area (Å²) in [6.07, 6.45) is 0. The van der Waals surface area contributed by atoms with Crippen LogP contribution in [0, 0.1) is 0 Å². The van der Waals surface area contributed by atoms with Gasteiger partial charge in [-0.1, -0.05) is 24.3 Å². The molecule has 3 rings (SSSR count). The van der Waals surface area contributed by atoms with Gasteiger partial charge in [0.2, 0.25) is 10.0 Å². The molecule has 0 aliphatic rings. The second-order valence-electron chi connectivity index (χ2n) is 5.97. The Labute approximate surface area is 156 Å². The molecule has 26 heavy (non-hydrogen) atoms. The Hall–Kier alpha value is -2.22. The van der Waals surface area contributed by atoms with E-state index in [4.69, 9.17) is 11.6 Å². The van der Waals surface area contributed by atoms with Crippen LogP contribution in [0.4, 0.5) is 0 Å². The third kappa shape index (κ3) is 3.51. The van der Waals surface area contributed by atoms with E-state index in [1.165, 1.54) is 16.7 Å². The number of hydrogen-bond donors (Lipinski definition) is 1. The molecular weight excluding hydrogens is 374 g/mol. The second-order valence-corrected chi connectivity index (χ2v) is 7.95. The van der Waals surface area contributed by atoms with Crippen molar-refractivity contribution < 1.29 is 8.42 Å². The predicted octanol–water partition coefficient (Wildman–Crippen LogP) is 2.71. The Kier molecular flexibility index (Phi) is 5.13. The van der Waals surface area contributed by atoms with Gasteiger partial charge in [-0.05, 0) is 36.8 Å². The molecule has 6 nitrogen and oxygen atoms in total. The van der Waals surface area contributed by atoms with Gasteiger partial charge < -0.3 is 0 Å². The lowest BCUT2D eigenvalue weighted by molar-refractivity contribution is 0.549. The Morgan fingerprint density at radius 1 is 1.15 bits per heavy atom. The highest BCUT2D eigenvalue weighted by atomic mass is 35.5. The zero-order valence-electron chi connectivity index (χ0n) is 14.3. The molecule has 0 aliphatic carbocycles. The van der Waals surface area contributed by atoms with Gasteiger partial charge in [0.15, 0.2) is 0 Å². The predicted molar refractivity (Wildman–Crippen MR) is 102 cm³/mol. The summed E-state index contributed by atoms with van der Waals surface area (Å²) in [7, 11) is -2.18. The number of nitrogens with zero attached hydrogens (tertiary/aromatic N) is 2. The highest BCUT2D eigenvalue weighted by Crippen LogP contribution is 2.17. The van der Waals surface area contributed by atoms with Gasteiger partial charge in [0.1, 0.15) is 5.82 Å². The Morgan fingerprint density at radius 2 is 1.81 bits per heavy atom. The highest BCUT2D eigenvalue weighted by Gasteiger charge is 2.21. The van der Waals surface area contributed by atoms with E-state index in [-0.39, 0.29) is 10.5 Å². The van der Waals surface area contributed by atoms with Crippen LogP contribution >= 0.6 is 11.6 Å². The first kappa shape index (κ1) is 18.6. The van der Waals surface area contributed by atoms with Crippen molar-refractivity contribution in [3.63, 3.8) is 0 Å². The molecule has 1 N–H and O–H groups in total. The standard InChI is InChI=1S/C18H18ClN3O3S/c1-12(21-26(24,25)14-9-7-13(11-19)8-10-14)17-20-16-6-4-3-5-15(16)18(23)22(17)2/h3-10,12,21H,11H2,1-2H3. The second kappa shape index (κ2) is 7.19. The van der Waals surface area contributed by atoms with Crippen molar-refractivity contribution in [2.45, 2.75) is 23.7 Å². The van der Waals surface area contributed by atoms with Crippen molar-refractivity contribution in [1.29, 1.82) is 0 Å². The molecule has 0 fully saturated rings. The number of nitrogens with one attached hydrogen (secondary N) is 1. The van der Waals surface area contributed by atoms with Crippen LogP contribution in [0.25, 0.3) is 10.9 Å². The van der Waals surface area contributed by atoms with E-state index in [9.17, 15) is 13.2 Å². The summed E-state index contributed by atoms with van der Waals surface area (Å²) >= 11 is 5.73. The summed E-state index contributed by atoms with van der Waals surface area (Å²) in [5.41, 5.74) is 1.14. The molecule has 136 valence electrons. The number of aromatic nitrogens is 2. The van der Waals surface area contributed by atoms with Crippen molar-refractivity contribution >= 4 is 32.5 Å². The average Bonchev–Trinajstić information content (AvgIpc) is 2.64. The SMILES string of the molecule is CC(NS(=O)(=O)c1ccc(CCl)cc1)c1nc2ccccc2c(=O)n1C. The van der Waals surface area contributed by atoms with E-state index in [1.54, 1.807) is 50.4 Å². The van der Waals surface area contributed by atoms with Crippen molar-refractivity contribution in [3.05, 3.63) is 70.3 Å². The highest BCUT2D eigenvalue weighted by molar-refractivity contribution is 7.89. The largest absolute Gasteiger partial charge is 0.298 e. The molecule has 3 aromatic rings. The van der Waals surface area contributed by atoms with Crippen molar-refractivity contribution in [2.75, 3.05) is 0 Å². The topological polar surface area (TPSA) is 81.1 Å². The number of para-hydroxylation sites is 1. The first-order chi connectivity index (χ1) is 12.3. The molecule has 0 spiro atoms. The number of alkyl halides is 1. The maximum absolute atomic E-state index is 12.6. The van der Waals surface area contributed by atoms with Gasteiger partial charge in [0.25, 0.3) is 5.56 Å². The molecule has 1 heterocycles. The van der Waals surface area contributed by atoms with Gasteiger partial charge in [-0.25, -0.2) is 18.1 Å². The van der Waals surface area contributed by atoms with E-state index in [2.05, 4.69) is 9.71 Å². The molecule has 0 radical (unpaired) electrons. The fourth-order valence-corrected chi connectivity index (χ4v) is 4.11. The molecule has 1 unspecified atom stereocenters. The third-order valence-electron chi connectivity index (χ3n) is 4.12. The van der Waals surface area contributed by atoms with E-state index in [1.807, 2.05) is 0 Å². The van der Waals surface area contributed by atoms with Gasteiger partial charge in [0.05, 0.1) is 21.8 Å². The smallest absolute Gasteiger partial charge is 0.261 e. The Bertz CT molecular complexity index is 1110. The zero-order chi connectivity index (χ0) is 18.9. The summed E-state index contributed by atoms with van der Waals surface area (Å²) in [6, 6.07) is 12.6. The van der Waals surface area contributed by atoms with Crippen molar-refractivity contribution in [2.24, 2.45) is 7.05 Å². The number of benzene rings is 2. The number of rotatable bonds is 5. The monoisotopic (exact) mass is 391 g/mol. The third-order valence-corrected chi connectivity index (χ3v) is 5.99. The van der Waals surface area contributed by atoms with Crippen LogP contribution in [0.1, 0.15) is 24.4 Å². The van der Waals surface area contributed by atoms with Crippen molar-refractivity contribution in [3.8, 4) is 0 Å². The fourth-order valence-electron chi connectivity index (χ4n) is 2.73. The summed E-state index contributed by atoms with van der Waals surface area (Å²) < 4.78 is 29.2. The number of hydrogen-bond acceptors (Lipinski definition) is 4. The fraction of sp³-hybridized carbons (Fsp3) is 0.222. The van der Waals surface area contributed by atoms with Gasteiger partial charge in [-0.3, -0.25) is 9.36 Å². The first-order valence-corrected chi connectivity index (χ1v) is 9.98. The summed E-state index contributed by atoms with van der Waals surface area (Å²) in [5, 5.41) is 0.491.